The highest BCUT2D eigenvalue weighted by Crippen LogP contribution is 2.32. The molecule has 174 valence electrons. The van der Waals surface area contributed by atoms with E-state index < -0.39 is 47.2 Å². The van der Waals surface area contributed by atoms with Gasteiger partial charge in [-0.25, -0.2) is 17.6 Å². The molecule has 1 aliphatic rings. The van der Waals surface area contributed by atoms with Gasteiger partial charge in [-0.05, 0) is 44.0 Å². The summed E-state index contributed by atoms with van der Waals surface area (Å²) in [6.07, 6.45) is -1.49. The van der Waals surface area contributed by atoms with Crippen LogP contribution in [0.5, 0.6) is 0 Å². The number of nitrogens with one attached hydrogen (secondary N) is 1. The zero-order valence-electron chi connectivity index (χ0n) is 18.0. The van der Waals surface area contributed by atoms with E-state index in [9.17, 15) is 23.1 Å². The third kappa shape index (κ3) is 5.10. The normalized spacial score (nSPS) is 21.2. The van der Waals surface area contributed by atoms with Gasteiger partial charge >= 0.3 is 0 Å². The molecule has 2 aromatic rings. The Labute approximate surface area is 189 Å². The second-order valence-corrected chi connectivity index (χ2v) is 9.39. The fourth-order valence-electron chi connectivity index (χ4n) is 3.90. The summed E-state index contributed by atoms with van der Waals surface area (Å²) in [6, 6.07) is 5.52. The lowest BCUT2D eigenvalue weighted by Gasteiger charge is -2.32. The maximum Gasteiger partial charge on any atom is 0.254 e. The van der Waals surface area contributed by atoms with Gasteiger partial charge in [-0.2, -0.15) is 0 Å². The molecule has 0 bridgehead atoms. The van der Waals surface area contributed by atoms with Crippen LogP contribution < -0.4 is 4.72 Å². The van der Waals surface area contributed by atoms with Crippen LogP contribution in [0.2, 0.25) is 0 Å². The summed E-state index contributed by atoms with van der Waals surface area (Å²) in [4.78, 5) is 14.0. The van der Waals surface area contributed by atoms with Crippen LogP contribution in [-0.4, -0.2) is 52.1 Å². The fraction of sp³-hybridized carbons (Fsp3) is 0.435. The molecule has 0 saturated carbocycles. The molecule has 1 amide bonds. The van der Waals surface area contributed by atoms with E-state index in [-0.39, 0.29) is 29.7 Å². The lowest BCUT2D eigenvalue weighted by molar-refractivity contribution is -0.149. The van der Waals surface area contributed by atoms with Crippen molar-refractivity contribution >= 4 is 17.9 Å². The first-order valence-electron chi connectivity index (χ1n) is 10.3. The van der Waals surface area contributed by atoms with E-state index in [2.05, 4.69) is 4.72 Å². The van der Waals surface area contributed by atoms with Crippen molar-refractivity contribution in [2.45, 2.75) is 51.0 Å². The lowest BCUT2D eigenvalue weighted by Crippen LogP contribution is -2.51. The van der Waals surface area contributed by atoms with Crippen molar-refractivity contribution in [3.63, 3.8) is 0 Å². The van der Waals surface area contributed by atoms with E-state index >= 15 is 4.39 Å². The summed E-state index contributed by atoms with van der Waals surface area (Å²) in [5.74, 6) is -2.26. The van der Waals surface area contributed by atoms with E-state index in [4.69, 9.17) is 0 Å². The van der Waals surface area contributed by atoms with Crippen LogP contribution in [-0.2, 0) is 11.2 Å². The molecule has 0 aliphatic carbocycles. The Morgan fingerprint density at radius 3 is 2.59 bits per heavy atom. The highest BCUT2D eigenvalue weighted by molar-refractivity contribution is 7.97. The zero-order valence-corrected chi connectivity index (χ0v) is 18.9. The maximum absolute atomic E-state index is 15.4. The SMILES string of the molecule is CCSN[C@H]1[C@@H](F)CN(C(=O)C(C)(C)O)[C@H]1Cc1cccc(-c2cc(F)ccc2F)c1F. The van der Waals surface area contributed by atoms with Crippen LogP contribution in [0.1, 0.15) is 26.3 Å². The van der Waals surface area contributed by atoms with Crippen LogP contribution in [0.4, 0.5) is 17.6 Å². The van der Waals surface area contributed by atoms with E-state index in [1.807, 2.05) is 6.92 Å². The van der Waals surface area contributed by atoms with E-state index in [1.54, 1.807) is 0 Å². The van der Waals surface area contributed by atoms with Gasteiger partial charge < -0.3 is 10.0 Å². The molecule has 1 saturated heterocycles. The summed E-state index contributed by atoms with van der Waals surface area (Å²) >= 11 is 1.28. The van der Waals surface area contributed by atoms with Crippen LogP contribution in [0.3, 0.4) is 0 Å². The van der Waals surface area contributed by atoms with Crippen molar-refractivity contribution < 1.29 is 27.5 Å². The first-order valence-corrected chi connectivity index (χ1v) is 11.3. The largest absolute Gasteiger partial charge is 0.381 e. The zero-order chi connectivity index (χ0) is 23.6. The van der Waals surface area contributed by atoms with Gasteiger partial charge in [0.25, 0.3) is 5.91 Å². The number of likely N-dealkylation sites (tertiary alicyclic amines) is 1. The van der Waals surface area contributed by atoms with Crippen molar-refractivity contribution in [3.8, 4) is 11.1 Å². The first-order chi connectivity index (χ1) is 15.0. The minimum Gasteiger partial charge on any atom is -0.381 e. The Hall–Kier alpha value is -2.10. The van der Waals surface area contributed by atoms with Gasteiger partial charge in [-0.3, -0.25) is 9.52 Å². The van der Waals surface area contributed by atoms with Crippen LogP contribution in [0, 0.1) is 17.5 Å². The first kappa shape index (κ1) is 24.5. The van der Waals surface area contributed by atoms with Crippen molar-refractivity contribution in [1.29, 1.82) is 0 Å². The molecule has 32 heavy (non-hydrogen) atoms. The third-order valence-electron chi connectivity index (χ3n) is 5.45. The molecule has 1 aliphatic heterocycles. The molecule has 3 atom stereocenters. The van der Waals surface area contributed by atoms with Crippen molar-refractivity contribution in [3.05, 3.63) is 59.4 Å². The maximum atomic E-state index is 15.4. The Morgan fingerprint density at radius 2 is 1.94 bits per heavy atom. The summed E-state index contributed by atoms with van der Waals surface area (Å²) in [5.41, 5.74) is -1.94. The number of halogens is 4. The molecule has 0 aromatic heterocycles. The van der Waals surface area contributed by atoms with E-state index in [0.717, 1.165) is 18.2 Å². The average Bonchev–Trinajstić information content (AvgIpc) is 3.03. The van der Waals surface area contributed by atoms with Gasteiger partial charge in [0.2, 0.25) is 0 Å². The fourth-order valence-corrected chi connectivity index (χ4v) is 4.56. The minimum absolute atomic E-state index is 0.0687. The van der Waals surface area contributed by atoms with Gasteiger partial charge in [0.05, 0.1) is 18.6 Å². The van der Waals surface area contributed by atoms with E-state index in [1.165, 1.54) is 48.9 Å². The summed E-state index contributed by atoms with van der Waals surface area (Å²) < 4.78 is 61.2. The van der Waals surface area contributed by atoms with Gasteiger partial charge in [0.15, 0.2) is 0 Å². The topological polar surface area (TPSA) is 52.6 Å². The number of rotatable bonds is 7. The van der Waals surface area contributed by atoms with Crippen LogP contribution in [0.25, 0.3) is 11.1 Å². The molecular formula is C23H26F4N2O2S. The molecule has 1 heterocycles. The predicted octanol–water partition coefficient (Wildman–Crippen LogP) is 4.26. The monoisotopic (exact) mass is 470 g/mol. The number of carbonyl (C=O) groups is 1. The van der Waals surface area contributed by atoms with Gasteiger partial charge in [-0.1, -0.05) is 37.1 Å². The third-order valence-corrected chi connectivity index (χ3v) is 6.18. The Bertz CT molecular complexity index is 983. The molecule has 4 nitrogen and oxygen atoms in total. The van der Waals surface area contributed by atoms with Gasteiger partial charge in [0, 0.05) is 16.9 Å². The molecular weight excluding hydrogens is 444 g/mol. The Kier molecular flexibility index (Phi) is 7.52. The number of hydrogen-bond acceptors (Lipinski definition) is 4. The second-order valence-electron chi connectivity index (χ2n) is 8.28. The minimum atomic E-state index is -1.73. The lowest BCUT2D eigenvalue weighted by atomic mass is 9.95. The molecule has 0 unspecified atom stereocenters. The molecule has 3 rings (SSSR count). The molecule has 0 spiro atoms. The molecule has 0 radical (unpaired) electrons. The van der Waals surface area contributed by atoms with Crippen molar-refractivity contribution in [2.24, 2.45) is 0 Å². The standard InChI is InChI=1S/C23H26F4N2O2S/c1-4-32-28-21-18(26)12-29(22(30)23(2,3)31)19(21)10-13-6-5-7-15(20(13)27)16-11-14(24)8-9-17(16)25/h5-9,11,18-19,21,28,31H,4,10,12H2,1-3H3/t18-,19-,21-/m0/s1. The quantitative estimate of drug-likeness (QED) is 0.469. The van der Waals surface area contributed by atoms with Gasteiger partial charge in [-0.15, -0.1) is 0 Å². The predicted molar refractivity (Wildman–Crippen MR) is 117 cm³/mol. The number of amides is 1. The Balaban J connectivity index is 1.99. The number of aliphatic hydroxyl groups is 1. The van der Waals surface area contributed by atoms with E-state index in [0.29, 0.717) is 5.75 Å². The molecule has 1 fully saturated rings. The van der Waals surface area contributed by atoms with Crippen LogP contribution in [0.15, 0.2) is 36.4 Å². The smallest absolute Gasteiger partial charge is 0.254 e. The molecule has 9 heteroatoms. The van der Waals surface area contributed by atoms with Crippen molar-refractivity contribution in [2.75, 3.05) is 12.3 Å². The number of nitrogens with zero attached hydrogens (tertiary/aromatic N) is 1. The summed E-state index contributed by atoms with van der Waals surface area (Å²) in [5, 5.41) is 10.2. The Morgan fingerprint density at radius 1 is 1.22 bits per heavy atom. The van der Waals surface area contributed by atoms with Gasteiger partial charge in [0.1, 0.15) is 29.2 Å². The summed E-state index contributed by atoms with van der Waals surface area (Å²) in [6.45, 7) is 4.27. The number of hydrogen-bond donors (Lipinski definition) is 2. The number of benzene rings is 2. The highest BCUT2D eigenvalue weighted by Gasteiger charge is 2.47. The number of alkyl halides is 1. The van der Waals surface area contributed by atoms with Crippen molar-refractivity contribution in [1.82, 2.24) is 9.62 Å². The number of carbonyl (C=O) groups excluding carboxylic acids is 1. The average molecular weight is 471 g/mol. The summed E-state index contributed by atoms with van der Waals surface area (Å²) in [7, 11) is 0. The molecule has 2 aromatic carbocycles. The highest BCUT2D eigenvalue weighted by atomic mass is 32.2. The van der Waals surface area contributed by atoms with Crippen LogP contribution >= 0.6 is 11.9 Å². The molecule has 2 N–H and O–H groups in total. The second kappa shape index (κ2) is 9.80.